The number of hydrogen-bond acceptors (Lipinski definition) is 7. The first kappa shape index (κ1) is 20.8. The number of hydrogen-bond donors (Lipinski definition) is 0. The summed E-state index contributed by atoms with van der Waals surface area (Å²) in [5, 5.41) is 12.7. The Bertz CT molecular complexity index is 1090. The monoisotopic (exact) mass is 434 g/mol. The first-order valence-electron chi connectivity index (χ1n) is 11.3. The van der Waals surface area contributed by atoms with Gasteiger partial charge in [-0.3, -0.25) is 4.90 Å². The Morgan fingerprint density at radius 3 is 2.59 bits per heavy atom. The van der Waals surface area contributed by atoms with Gasteiger partial charge < -0.3 is 14.4 Å². The van der Waals surface area contributed by atoms with Crippen molar-refractivity contribution in [1.29, 1.82) is 0 Å². The molecule has 2 aliphatic rings. The van der Waals surface area contributed by atoms with Crippen LogP contribution in [0.1, 0.15) is 41.9 Å². The zero-order valence-electron chi connectivity index (χ0n) is 19.0. The summed E-state index contributed by atoms with van der Waals surface area (Å²) in [6.45, 7) is 11.4. The van der Waals surface area contributed by atoms with Gasteiger partial charge in [-0.1, -0.05) is 25.1 Å². The molecule has 0 bridgehead atoms. The van der Waals surface area contributed by atoms with Gasteiger partial charge in [-0.15, -0.1) is 5.10 Å². The number of anilines is 1. The molecular formula is C24H30N6O2. The molecule has 0 N–H and O–H groups in total. The average molecular weight is 435 g/mol. The van der Waals surface area contributed by atoms with Gasteiger partial charge in [0, 0.05) is 31.9 Å². The van der Waals surface area contributed by atoms with E-state index < -0.39 is 0 Å². The van der Waals surface area contributed by atoms with E-state index in [4.69, 9.17) is 9.47 Å². The average Bonchev–Trinajstić information content (AvgIpc) is 3.46. The van der Waals surface area contributed by atoms with Crippen LogP contribution in [0.15, 0.2) is 36.4 Å². The topological polar surface area (TPSA) is 68.5 Å². The van der Waals surface area contributed by atoms with Crippen molar-refractivity contribution >= 4 is 5.69 Å². The molecule has 3 aromatic rings. The summed E-state index contributed by atoms with van der Waals surface area (Å²) in [6, 6.07) is 12.9. The number of tetrazole rings is 1. The lowest BCUT2D eigenvalue weighted by Crippen LogP contribution is -2.48. The molecule has 8 nitrogen and oxygen atoms in total. The van der Waals surface area contributed by atoms with E-state index in [2.05, 4.69) is 64.3 Å². The zero-order chi connectivity index (χ0) is 22.1. The molecule has 0 amide bonds. The van der Waals surface area contributed by atoms with E-state index >= 15 is 0 Å². The number of fused-ring (bicyclic) bond motifs is 1. The van der Waals surface area contributed by atoms with Gasteiger partial charge in [0.05, 0.1) is 12.6 Å². The van der Waals surface area contributed by atoms with Gasteiger partial charge in [0.25, 0.3) is 0 Å². The van der Waals surface area contributed by atoms with Crippen molar-refractivity contribution in [2.45, 2.75) is 39.8 Å². The van der Waals surface area contributed by atoms with E-state index in [1.807, 2.05) is 22.9 Å². The molecule has 0 saturated carbocycles. The fraction of sp³-hybridized carbons (Fsp3) is 0.458. The number of ether oxygens (including phenoxy) is 2. The molecule has 1 unspecified atom stereocenters. The van der Waals surface area contributed by atoms with Crippen molar-refractivity contribution in [3.05, 3.63) is 58.9 Å². The molecule has 168 valence electrons. The Morgan fingerprint density at radius 2 is 1.78 bits per heavy atom. The van der Waals surface area contributed by atoms with E-state index in [9.17, 15) is 0 Å². The summed E-state index contributed by atoms with van der Waals surface area (Å²) in [5.41, 5.74) is 5.09. The molecule has 2 aliphatic heterocycles. The van der Waals surface area contributed by atoms with Crippen molar-refractivity contribution in [3.8, 4) is 11.5 Å². The first-order chi connectivity index (χ1) is 15.6. The van der Waals surface area contributed by atoms with E-state index in [0.717, 1.165) is 55.5 Å². The molecule has 0 spiro atoms. The molecule has 3 heterocycles. The molecule has 2 aromatic carbocycles. The molecule has 1 aromatic heterocycles. The minimum atomic E-state index is 0.194. The van der Waals surface area contributed by atoms with Crippen molar-refractivity contribution in [1.82, 2.24) is 25.1 Å². The van der Waals surface area contributed by atoms with Gasteiger partial charge in [-0.25, -0.2) is 4.68 Å². The Hall–Kier alpha value is -3.13. The van der Waals surface area contributed by atoms with Crippen LogP contribution in [0, 0.1) is 13.8 Å². The summed E-state index contributed by atoms with van der Waals surface area (Å²) < 4.78 is 12.9. The summed E-state index contributed by atoms with van der Waals surface area (Å²) in [4.78, 5) is 5.02. The van der Waals surface area contributed by atoms with Gasteiger partial charge in [-0.05, 0) is 65.6 Å². The second-order valence-electron chi connectivity index (χ2n) is 8.62. The SMILES string of the molecule is CCC(c1nnnn1Cc1ccc2c(c1)OCO2)N1CCN(c2cc(C)ccc2C)CC1. The lowest BCUT2D eigenvalue weighted by Gasteiger charge is -2.40. The Labute approximate surface area is 188 Å². The number of benzene rings is 2. The van der Waals surface area contributed by atoms with E-state index in [0.29, 0.717) is 6.54 Å². The van der Waals surface area contributed by atoms with Crippen molar-refractivity contribution in [2.24, 2.45) is 0 Å². The van der Waals surface area contributed by atoms with Crippen LogP contribution in [0.4, 0.5) is 5.69 Å². The lowest BCUT2D eigenvalue weighted by atomic mass is 10.1. The summed E-state index contributed by atoms with van der Waals surface area (Å²) in [7, 11) is 0. The van der Waals surface area contributed by atoms with E-state index in [-0.39, 0.29) is 12.8 Å². The van der Waals surface area contributed by atoms with Crippen LogP contribution >= 0.6 is 0 Å². The minimum Gasteiger partial charge on any atom is -0.454 e. The quantitative estimate of drug-likeness (QED) is 0.589. The van der Waals surface area contributed by atoms with Crippen LogP contribution in [-0.2, 0) is 6.54 Å². The van der Waals surface area contributed by atoms with Crippen LogP contribution in [0.2, 0.25) is 0 Å². The van der Waals surface area contributed by atoms with Crippen LogP contribution in [0.25, 0.3) is 0 Å². The molecule has 32 heavy (non-hydrogen) atoms. The lowest BCUT2D eigenvalue weighted by molar-refractivity contribution is 0.169. The second-order valence-corrected chi connectivity index (χ2v) is 8.62. The highest BCUT2D eigenvalue weighted by Crippen LogP contribution is 2.33. The number of aromatic nitrogens is 4. The van der Waals surface area contributed by atoms with Gasteiger partial charge >= 0.3 is 0 Å². The number of aryl methyl sites for hydroxylation is 2. The fourth-order valence-corrected chi connectivity index (χ4v) is 4.71. The van der Waals surface area contributed by atoms with Crippen LogP contribution in [-0.4, -0.2) is 58.1 Å². The highest BCUT2D eigenvalue weighted by Gasteiger charge is 2.28. The summed E-state index contributed by atoms with van der Waals surface area (Å²) >= 11 is 0. The van der Waals surface area contributed by atoms with Gasteiger partial charge in [0.1, 0.15) is 0 Å². The third kappa shape index (κ3) is 4.02. The Kier molecular flexibility index (Phi) is 5.70. The van der Waals surface area contributed by atoms with Crippen LogP contribution in [0.3, 0.4) is 0 Å². The molecular weight excluding hydrogens is 404 g/mol. The molecule has 1 saturated heterocycles. The van der Waals surface area contributed by atoms with Crippen LogP contribution in [0.5, 0.6) is 11.5 Å². The molecule has 0 radical (unpaired) electrons. The van der Waals surface area contributed by atoms with E-state index in [1.165, 1.54) is 16.8 Å². The van der Waals surface area contributed by atoms with Gasteiger partial charge in [-0.2, -0.15) is 0 Å². The molecule has 8 heteroatoms. The zero-order valence-corrected chi connectivity index (χ0v) is 19.0. The second kappa shape index (κ2) is 8.78. The highest BCUT2D eigenvalue weighted by atomic mass is 16.7. The number of rotatable bonds is 6. The molecule has 5 rings (SSSR count). The molecule has 1 atom stereocenters. The Morgan fingerprint density at radius 1 is 0.969 bits per heavy atom. The maximum Gasteiger partial charge on any atom is 0.231 e. The molecule has 0 aliphatic carbocycles. The Balaban J connectivity index is 1.29. The van der Waals surface area contributed by atoms with Crippen molar-refractivity contribution in [3.63, 3.8) is 0 Å². The molecule has 1 fully saturated rings. The number of piperazine rings is 1. The number of nitrogens with zero attached hydrogens (tertiary/aromatic N) is 6. The summed E-state index contributed by atoms with van der Waals surface area (Å²) in [5.74, 6) is 2.50. The van der Waals surface area contributed by atoms with Crippen molar-refractivity contribution < 1.29 is 9.47 Å². The third-order valence-corrected chi connectivity index (χ3v) is 6.47. The van der Waals surface area contributed by atoms with Crippen molar-refractivity contribution in [2.75, 3.05) is 37.9 Å². The van der Waals surface area contributed by atoms with Gasteiger partial charge in [0.2, 0.25) is 6.79 Å². The maximum absolute atomic E-state index is 5.52. The van der Waals surface area contributed by atoms with Gasteiger partial charge in [0.15, 0.2) is 17.3 Å². The minimum absolute atomic E-state index is 0.194. The maximum atomic E-state index is 5.52. The standard InChI is InChI=1S/C24H30N6O2/c1-4-20(28-9-11-29(12-10-28)21-13-17(2)5-6-18(21)3)24-25-26-27-30(24)15-19-7-8-22-23(14-19)32-16-31-22/h5-8,13-14,20H,4,9-12,15-16H2,1-3H3. The third-order valence-electron chi connectivity index (χ3n) is 6.47. The van der Waals surface area contributed by atoms with Crippen LogP contribution < -0.4 is 14.4 Å². The van der Waals surface area contributed by atoms with E-state index in [1.54, 1.807) is 0 Å². The predicted molar refractivity (Wildman–Crippen MR) is 122 cm³/mol. The predicted octanol–water partition coefficient (Wildman–Crippen LogP) is 3.34. The fourth-order valence-electron chi connectivity index (χ4n) is 4.71. The summed E-state index contributed by atoms with van der Waals surface area (Å²) in [6.07, 6.45) is 0.963. The smallest absolute Gasteiger partial charge is 0.231 e. The first-order valence-corrected chi connectivity index (χ1v) is 11.3. The highest BCUT2D eigenvalue weighted by molar-refractivity contribution is 5.55. The largest absolute Gasteiger partial charge is 0.454 e. The normalized spacial score (nSPS) is 17.0.